The van der Waals surface area contributed by atoms with Crippen LogP contribution in [0.1, 0.15) is 26.7 Å². The molecule has 0 saturated heterocycles. The number of hydrogen-bond acceptors (Lipinski definition) is 4. The number of rotatable bonds is 4. The van der Waals surface area contributed by atoms with E-state index in [4.69, 9.17) is 5.21 Å². The van der Waals surface area contributed by atoms with E-state index in [-0.39, 0.29) is 29.9 Å². The number of carbonyl (C=O) groups excluding carboxylic acids is 2. The first-order chi connectivity index (χ1) is 5.60. The molecule has 3 N–H and O–H groups in total. The first kappa shape index (κ1) is 10.9. The van der Waals surface area contributed by atoms with Crippen molar-refractivity contribution >= 4 is 11.8 Å². The summed E-state index contributed by atoms with van der Waals surface area (Å²) in [7, 11) is 0. The maximum Gasteiger partial charge on any atom is 0.237 e. The van der Waals surface area contributed by atoms with Crippen molar-refractivity contribution in [2.75, 3.05) is 0 Å². The molecule has 0 aromatic heterocycles. The van der Waals surface area contributed by atoms with E-state index in [0.29, 0.717) is 0 Å². The minimum Gasteiger partial charge on any atom is -0.277 e. The van der Waals surface area contributed by atoms with Crippen LogP contribution in [0.4, 0.5) is 0 Å². The summed E-state index contributed by atoms with van der Waals surface area (Å²) in [6, 6.07) is 0. The number of hydrogen-bond donors (Lipinski definition) is 3. The van der Waals surface area contributed by atoms with E-state index in [1.165, 1.54) is 0 Å². The smallest absolute Gasteiger partial charge is 0.237 e. The highest BCUT2D eigenvalue weighted by Gasteiger charge is 2.05. The van der Waals surface area contributed by atoms with E-state index in [0.717, 1.165) is 0 Å². The van der Waals surface area contributed by atoms with Gasteiger partial charge >= 0.3 is 0 Å². The quantitative estimate of drug-likeness (QED) is 0.506. The third-order valence-corrected chi connectivity index (χ3v) is 1.10. The van der Waals surface area contributed by atoms with E-state index < -0.39 is 0 Å². The first-order valence-electron chi connectivity index (χ1n) is 3.68. The Kier molecular flexibility index (Phi) is 4.98. The maximum absolute atomic E-state index is 10.6. The lowest BCUT2D eigenvalue weighted by Gasteiger charge is -2.14. The summed E-state index contributed by atoms with van der Waals surface area (Å²) in [5, 5.41) is 9.08. The first-order valence-corrected chi connectivity index (χ1v) is 3.68. The molecule has 0 fully saturated rings. The molecule has 12 heavy (non-hydrogen) atoms. The number of nitrogens with one attached hydrogen (secondary N) is 2. The molecule has 70 valence electrons. The lowest BCUT2D eigenvalue weighted by atomic mass is 10.5. The lowest BCUT2D eigenvalue weighted by Crippen LogP contribution is -2.50. The van der Waals surface area contributed by atoms with Crippen molar-refractivity contribution in [3.8, 4) is 0 Å². The average Bonchev–Trinajstić information content (AvgIpc) is 2.03. The molecule has 0 unspecified atom stereocenters. The Balaban J connectivity index is 3.66. The number of nitrogens with zero attached hydrogens (tertiary/aromatic N) is 1. The summed E-state index contributed by atoms with van der Waals surface area (Å²) in [6.45, 7) is 3.26. The molecular weight excluding hydrogens is 162 g/mol. The van der Waals surface area contributed by atoms with Crippen LogP contribution >= 0.6 is 0 Å². The Morgan fingerprint density at radius 1 is 1.17 bits per heavy atom. The lowest BCUT2D eigenvalue weighted by molar-refractivity contribution is -0.191. The van der Waals surface area contributed by atoms with Gasteiger partial charge in [0.15, 0.2) is 0 Å². The van der Waals surface area contributed by atoms with Gasteiger partial charge in [0.2, 0.25) is 11.8 Å². The standard InChI is InChI=1S/C6H13N3O3/c1-3-5(10)7-9(12)8-6(11)4-2/h12H,3-4H2,1-2H3,(H,7,10)(H,8,11). The van der Waals surface area contributed by atoms with Gasteiger partial charge in [0.1, 0.15) is 0 Å². The fraction of sp³-hybridized carbons (Fsp3) is 0.667. The fourth-order valence-corrected chi connectivity index (χ4v) is 0.422. The van der Waals surface area contributed by atoms with Gasteiger partial charge in [-0.05, 0) is 5.28 Å². The van der Waals surface area contributed by atoms with Crippen molar-refractivity contribution in [2.24, 2.45) is 0 Å². The van der Waals surface area contributed by atoms with Gasteiger partial charge in [-0.3, -0.25) is 14.8 Å². The van der Waals surface area contributed by atoms with E-state index in [1.807, 2.05) is 10.9 Å². The van der Waals surface area contributed by atoms with Crippen LogP contribution in [0.25, 0.3) is 0 Å². The summed E-state index contributed by atoms with van der Waals surface area (Å²) in [6.07, 6.45) is 0.470. The van der Waals surface area contributed by atoms with Crippen molar-refractivity contribution in [1.29, 1.82) is 0 Å². The monoisotopic (exact) mass is 175 g/mol. The van der Waals surface area contributed by atoms with Crippen LogP contribution in [0.5, 0.6) is 0 Å². The normalized spacial score (nSPS) is 9.67. The average molecular weight is 175 g/mol. The van der Waals surface area contributed by atoms with Crippen LogP contribution in [-0.4, -0.2) is 22.3 Å². The molecule has 6 nitrogen and oxygen atoms in total. The third-order valence-electron chi connectivity index (χ3n) is 1.10. The Morgan fingerprint density at radius 3 is 1.75 bits per heavy atom. The summed E-state index contributed by atoms with van der Waals surface area (Å²) >= 11 is 0. The highest BCUT2D eigenvalue weighted by Crippen LogP contribution is 1.78. The molecule has 0 aromatic rings. The molecule has 0 aliphatic heterocycles. The van der Waals surface area contributed by atoms with Crippen molar-refractivity contribution in [3.05, 3.63) is 0 Å². The van der Waals surface area contributed by atoms with Crippen LogP contribution in [0, 0.1) is 0 Å². The van der Waals surface area contributed by atoms with Crippen LogP contribution in [-0.2, 0) is 9.59 Å². The minimum atomic E-state index is -0.381. The van der Waals surface area contributed by atoms with Gasteiger partial charge in [-0.1, -0.05) is 13.8 Å². The molecule has 0 spiro atoms. The van der Waals surface area contributed by atoms with Gasteiger partial charge in [-0.2, -0.15) is 0 Å². The molecule has 0 aliphatic carbocycles. The summed E-state index contributed by atoms with van der Waals surface area (Å²) in [5.41, 5.74) is 4.03. The SMILES string of the molecule is CCC(=O)NN(O)NC(=O)CC. The van der Waals surface area contributed by atoms with Crippen LogP contribution in [0.15, 0.2) is 0 Å². The van der Waals surface area contributed by atoms with E-state index >= 15 is 0 Å². The summed E-state index contributed by atoms with van der Waals surface area (Å²) in [4.78, 5) is 21.3. The van der Waals surface area contributed by atoms with Crippen LogP contribution in [0.3, 0.4) is 0 Å². The minimum absolute atomic E-state index is 0.235. The molecule has 0 saturated carbocycles. The molecule has 2 amide bonds. The van der Waals surface area contributed by atoms with E-state index in [1.54, 1.807) is 13.8 Å². The Bertz CT molecular complexity index is 153. The Morgan fingerprint density at radius 2 is 1.50 bits per heavy atom. The van der Waals surface area contributed by atoms with Gasteiger partial charge in [0, 0.05) is 12.8 Å². The Labute approximate surface area is 70.4 Å². The predicted molar refractivity (Wildman–Crippen MR) is 40.5 cm³/mol. The molecule has 0 atom stereocenters. The maximum atomic E-state index is 10.6. The molecule has 6 heteroatoms. The molecule has 0 rings (SSSR count). The summed E-state index contributed by atoms with van der Waals surface area (Å²) in [5.74, 6) is -0.761. The molecular formula is C6H13N3O3. The van der Waals surface area contributed by atoms with Crippen LogP contribution < -0.4 is 10.9 Å². The Hall–Kier alpha value is -1.14. The molecule has 0 heterocycles. The van der Waals surface area contributed by atoms with Gasteiger partial charge in [-0.25, -0.2) is 10.9 Å². The summed E-state index contributed by atoms with van der Waals surface area (Å²) < 4.78 is 0. The predicted octanol–water partition coefficient (Wildman–Crippen LogP) is -0.440. The highest BCUT2D eigenvalue weighted by atomic mass is 16.6. The van der Waals surface area contributed by atoms with E-state index in [2.05, 4.69) is 0 Å². The van der Waals surface area contributed by atoms with Gasteiger partial charge in [0.25, 0.3) is 0 Å². The second-order valence-corrected chi connectivity index (χ2v) is 2.09. The second kappa shape index (κ2) is 5.50. The molecule has 0 aromatic carbocycles. The topological polar surface area (TPSA) is 81.7 Å². The third kappa shape index (κ3) is 4.64. The number of carbonyl (C=O) groups is 2. The molecule has 0 radical (unpaired) electrons. The number of amides is 2. The largest absolute Gasteiger partial charge is 0.277 e. The van der Waals surface area contributed by atoms with Crippen molar-refractivity contribution in [1.82, 2.24) is 16.1 Å². The molecule has 0 bridgehead atoms. The zero-order valence-corrected chi connectivity index (χ0v) is 7.13. The van der Waals surface area contributed by atoms with Crippen molar-refractivity contribution < 1.29 is 14.8 Å². The second-order valence-electron chi connectivity index (χ2n) is 2.09. The number of hydrazine groups is 2. The molecule has 0 aliphatic rings. The van der Waals surface area contributed by atoms with Gasteiger partial charge in [-0.15, -0.1) is 0 Å². The zero-order chi connectivity index (χ0) is 9.56. The van der Waals surface area contributed by atoms with Crippen molar-refractivity contribution in [3.63, 3.8) is 0 Å². The zero-order valence-electron chi connectivity index (χ0n) is 7.13. The van der Waals surface area contributed by atoms with Gasteiger partial charge < -0.3 is 0 Å². The fourth-order valence-electron chi connectivity index (χ4n) is 0.422. The van der Waals surface area contributed by atoms with Gasteiger partial charge in [0.05, 0.1) is 0 Å². The van der Waals surface area contributed by atoms with E-state index in [9.17, 15) is 9.59 Å². The highest BCUT2D eigenvalue weighted by molar-refractivity contribution is 5.76. The van der Waals surface area contributed by atoms with Crippen LogP contribution in [0.2, 0.25) is 0 Å². The van der Waals surface area contributed by atoms with Crippen molar-refractivity contribution in [2.45, 2.75) is 26.7 Å².